The molecule has 0 unspecified atom stereocenters. The van der Waals surface area contributed by atoms with Gasteiger partial charge in [0.05, 0.1) is 12.1 Å². The minimum absolute atomic E-state index is 0.0423. The third kappa shape index (κ3) is 3.45. The second-order valence-corrected chi connectivity index (χ2v) is 5.05. The van der Waals surface area contributed by atoms with Crippen LogP contribution < -0.4 is 11.1 Å². The number of carbonyl (C=O) groups is 1. The maximum atomic E-state index is 11.3. The van der Waals surface area contributed by atoms with Crippen molar-refractivity contribution in [2.45, 2.75) is 25.9 Å². The Kier molecular flexibility index (Phi) is 4.53. The van der Waals surface area contributed by atoms with Crippen LogP contribution in [0.25, 0.3) is 0 Å². The van der Waals surface area contributed by atoms with Crippen LogP contribution in [-0.4, -0.2) is 11.9 Å². The van der Waals surface area contributed by atoms with Crippen LogP contribution in [0.5, 0.6) is 0 Å². The molecule has 0 aliphatic heterocycles. The van der Waals surface area contributed by atoms with E-state index in [1.807, 2.05) is 30.3 Å². The summed E-state index contributed by atoms with van der Waals surface area (Å²) in [5, 5.41) is 3.29. The van der Waals surface area contributed by atoms with Crippen LogP contribution in [0.4, 0.5) is 0 Å². The fourth-order valence-electron chi connectivity index (χ4n) is 2.12. The number of nitrogens with one attached hydrogen (secondary N) is 1. The molecule has 20 heavy (non-hydrogen) atoms. The van der Waals surface area contributed by atoms with Gasteiger partial charge in [-0.05, 0) is 25.0 Å². The number of benzene rings is 2. The highest BCUT2D eigenvalue weighted by Gasteiger charge is 2.18. The molecule has 3 heteroatoms. The van der Waals surface area contributed by atoms with Gasteiger partial charge in [-0.3, -0.25) is 10.1 Å². The van der Waals surface area contributed by atoms with Gasteiger partial charge in [0.25, 0.3) is 0 Å². The van der Waals surface area contributed by atoms with Gasteiger partial charge in [0.1, 0.15) is 0 Å². The monoisotopic (exact) mass is 268 g/mol. The number of primary amides is 1. The third-order valence-corrected chi connectivity index (χ3v) is 3.39. The maximum absolute atomic E-state index is 11.3. The Labute approximate surface area is 119 Å². The van der Waals surface area contributed by atoms with E-state index in [4.69, 9.17) is 5.73 Å². The summed E-state index contributed by atoms with van der Waals surface area (Å²) in [5.74, 6) is -0.349. The van der Waals surface area contributed by atoms with Crippen LogP contribution in [0.2, 0.25) is 0 Å². The highest BCUT2D eigenvalue weighted by atomic mass is 16.1. The maximum Gasteiger partial charge on any atom is 0.234 e. The van der Waals surface area contributed by atoms with Gasteiger partial charge in [0.15, 0.2) is 0 Å². The zero-order chi connectivity index (χ0) is 14.5. The molecule has 2 rings (SSSR count). The predicted molar refractivity (Wildman–Crippen MR) is 81.3 cm³/mol. The molecular formula is C17H20N2O. The summed E-state index contributed by atoms with van der Waals surface area (Å²) in [6.07, 6.45) is 0. The summed E-state index contributed by atoms with van der Waals surface area (Å²) < 4.78 is 0. The summed E-state index contributed by atoms with van der Waals surface area (Å²) in [5.41, 5.74) is 8.81. The van der Waals surface area contributed by atoms with Crippen molar-refractivity contribution in [1.82, 2.24) is 5.32 Å². The minimum Gasteiger partial charge on any atom is -0.368 e. The molecular weight excluding hydrogens is 248 g/mol. The summed E-state index contributed by atoms with van der Waals surface area (Å²) in [6.45, 7) is 3.84. The van der Waals surface area contributed by atoms with E-state index in [9.17, 15) is 4.79 Å². The lowest BCUT2D eigenvalue weighted by atomic mass is 9.97. The van der Waals surface area contributed by atoms with Crippen LogP contribution in [0.1, 0.15) is 29.7 Å². The molecule has 3 nitrogen and oxygen atoms in total. The number of carbonyl (C=O) groups excluding carboxylic acids is 1. The summed E-state index contributed by atoms with van der Waals surface area (Å²) in [7, 11) is 0. The SMILES string of the molecule is Cc1ccc([C@@H](N[C@@H](C)C(N)=O)c2ccccc2)cc1. The molecule has 0 radical (unpaired) electrons. The lowest BCUT2D eigenvalue weighted by Gasteiger charge is -2.23. The molecule has 2 atom stereocenters. The van der Waals surface area contributed by atoms with Gasteiger partial charge >= 0.3 is 0 Å². The molecule has 0 aliphatic carbocycles. The molecule has 0 saturated carbocycles. The molecule has 0 spiro atoms. The van der Waals surface area contributed by atoms with E-state index >= 15 is 0 Å². The summed E-state index contributed by atoms with van der Waals surface area (Å²) in [4.78, 5) is 11.3. The normalized spacial score (nSPS) is 13.7. The standard InChI is InChI=1S/C17H20N2O/c1-12-8-10-15(11-9-12)16(19-13(2)17(18)20)14-6-4-3-5-7-14/h3-11,13,16,19H,1-2H3,(H2,18,20)/t13-,16-/m0/s1. The molecule has 1 amide bonds. The van der Waals surface area contributed by atoms with Crippen molar-refractivity contribution >= 4 is 5.91 Å². The number of hydrogen-bond acceptors (Lipinski definition) is 2. The first kappa shape index (κ1) is 14.3. The molecule has 2 aromatic carbocycles. The average molecular weight is 268 g/mol. The average Bonchev–Trinajstić information content (AvgIpc) is 2.46. The predicted octanol–water partition coefficient (Wildman–Crippen LogP) is 2.55. The third-order valence-electron chi connectivity index (χ3n) is 3.39. The molecule has 104 valence electrons. The first-order valence-corrected chi connectivity index (χ1v) is 6.75. The van der Waals surface area contributed by atoms with Crippen LogP contribution >= 0.6 is 0 Å². The van der Waals surface area contributed by atoms with E-state index in [1.54, 1.807) is 6.92 Å². The van der Waals surface area contributed by atoms with E-state index in [-0.39, 0.29) is 18.0 Å². The minimum atomic E-state index is -0.387. The molecule has 0 aromatic heterocycles. The molecule has 2 aromatic rings. The molecule has 0 fully saturated rings. The van der Waals surface area contributed by atoms with Crippen molar-refractivity contribution in [3.05, 3.63) is 71.3 Å². The van der Waals surface area contributed by atoms with Crippen molar-refractivity contribution < 1.29 is 4.79 Å². The highest BCUT2D eigenvalue weighted by molar-refractivity contribution is 5.79. The quantitative estimate of drug-likeness (QED) is 0.875. The number of aryl methyl sites for hydroxylation is 1. The van der Waals surface area contributed by atoms with E-state index < -0.39 is 0 Å². The second kappa shape index (κ2) is 6.35. The van der Waals surface area contributed by atoms with Gasteiger partial charge in [-0.2, -0.15) is 0 Å². The van der Waals surface area contributed by atoms with Crippen LogP contribution in [0.15, 0.2) is 54.6 Å². The van der Waals surface area contributed by atoms with Crippen molar-refractivity contribution in [2.75, 3.05) is 0 Å². The van der Waals surface area contributed by atoms with Crippen LogP contribution in [0.3, 0.4) is 0 Å². The lowest BCUT2D eigenvalue weighted by molar-refractivity contribution is -0.119. The largest absolute Gasteiger partial charge is 0.368 e. The van der Waals surface area contributed by atoms with Crippen LogP contribution in [0, 0.1) is 6.92 Å². The van der Waals surface area contributed by atoms with E-state index in [0.717, 1.165) is 11.1 Å². The Balaban J connectivity index is 2.34. The van der Waals surface area contributed by atoms with E-state index in [1.165, 1.54) is 5.56 Å². The molecule has 0 heterocycles. The Hall–Kier alpha value is -2.13. The Morgan fingerprint density at radius 1 is 1.00 bits per heavy atom. The molecule has 0 bridgehead atoms. The summed E-state index contributed by atoms with van der Waals surface area (Å²) in [6, 6.07) is 17.9. The van der Waals surface area contributed by atoms with Gasteiger partial charge in [-0.25, -0.2) is 0 Å². The topological polar surface area (TPSA) is 55.1 Å². The zero-order valence-corrected chi connectivity index (χ0v) is 11.8. The fourth-order valence-corrected chi connectivity index (χ4v) is 2.12. The van der Waals surface area contributed by atoms with Crippen molar-refractivity contribution in [3.63, 3.8) is 0 Å². The molecule has 0 aliphatic rings. The van der Waals surface area contributed by atoms with Gasteiger partial charge < -0.3 is 5.73 Å². The number of hydrogen-bond donors (Lipinski definition) is 2. The Bertz CT molecular complexity index is 563. The Morgan fingerprint density at radius 3 is 2.10 bits per heavy atom. The van der Waals surface area contributed by atoms with E-state index in [0.29, 0.717) is 0 Å². The fraction of sp³-hybridized carbons (Fsp3) is 0.235. The van der Waals surface area contributed by atoms with Gasteiger partial charge in [0.2, 0.25) is 5.91 Å². The summed E-state index contributed by atoms with van der Waals surface area (Å²) >= 11 is 0. The highest BCUT2D eigenvalue weighted by Crippen LogP contribution is 2.22. The van der Waals surface area contributed by atoms with Gasteiger partial charge in [-0.15, -0.1) is 0 Å². The van der Waals surface area contributed by atoms with Crippen molar-refractivity contribution in [3.8, 4) is 0 Å². The zero-order valence-electron chi connectivity index (χ0n) is 11.8. The number of amides is 1. The smallest absolute Gasteiger partial charge is 0.234 e. The second-order valence-electron chi connectivity index (χ2n) is 5.05. The molecule has 0 saturated heterocycles. The van der Waals surface area contributed by atoms with Crippen molar-refractivity contribution in [1.29, 1.82) is 0 Å². The number of nitrogens with two attached hydrogens (primary N) is 1. The van der Waals surface area contributed by atoms with Gasteiger partial charge in [-0.1, -0.05) is 60.2 Å². The Morgan fingerprint density at radius 2 is 1.55 bits per heavy atom. The first-order valence-electron chi connectivity index (χ1n) is 6.75. The van der Waals surface area contributed by atoms with E-state index in [2.05, 4.69) is 36.5 Å². The van der Waals surface area contributed by atoms with Gasteiger partial charge in [0, 0.05) is 0 Å². The van der Waals surface area contributed by atoms with Crippen molar-refractivity contribution in [2.24, 2.45) is 5.73 Å². The van der Waals surface area contributed by atoms with Crippen LogP contribution in [-0.2, 0) is 4.79 Å². The molecule has 3 N–H and O–H groups in total. The first-order chi connectivity index (χ1) is 9.58. The number of rotatable bonds is 5. The lowest BCUT2D eigenvalue weighted by Crippen LogP contribution is -2.41.